The van der Waals surface area contributed by atoms with Crippen LogP contribution in [0.15, 0.2) is 54.6 Å². The Balaban J connectivity index is 2.18. The summed E-state index contributed by atoms with van der Waals surface area (Å²) in [5.41, 5.74) is 3.11. The van der Waals surface area contributed by atoms with Gasteiger partial charge in [0.1, 0.15) is 5.82 Å². The van der Waals surface area contributed by atoms with Gasteiger partial charge in [0.15, 0.2) is 0 Å². The molecule has 21 heavy (non-hydrogen) atoms. The van der Waals surface area contributed by atoms with Gasteiger partial charge >= 0.3 is 0 Å². The maximum atomic E-state index is 13.9. The Bertz CT molecular complexity index is 813. The molecule has 0 saturated heterocycles. The van der Waals surface area contributed by atoms with Crippen LogP contribution in [0.5, 0.6) is 0 Å². The number of aryl methyl sites for hydroxylation is 1. The first-order valence-corrected chi connectivity index (χ1v) is 7.94. The summed E-state index contributed by atoms with van der Waals surface area (Å²) in [6, 6.07) is 16.8. The van der Waals surface area contributed by atoms with Gasteiger partial charge in [-0.25, -0.2) is 4.39 Å². The smallest absolute Gasteiger partial charge is 0.131 e. The quantitative estimate of drug-likeness (QED) is 0.460. The van der Waals surface area contributed by atoms with Gasteiger partial charge in [-0.1, -0.05) is 70.0 Å². The molecule has 3 aromatic carbocycles. The first-order chi connectivity index (χ1) is 10.1. The summed E-state index contributed by atoms with van der Waals surface area (Å²) >= 11 is 10.1. The van der Waals surface area contributed by atoms with Crippen LogP contribution in [0.3, 0.4) is 0 Å². The molecule has 1 unspecified atom stereocenters. The van der Waals surface area contributed by atoms with E-state index in [0.29, 0.717) is 10.4 Å². The average molecular weight is 364 g/mol. The van der Waals surface area contributed by atoms with Gasteiger partial charge in [-0.15, -0.1) is 0 Å². The van der Waals surface area contributed by atoms with Gasteiger partial charge in [-0.05, 0) is 41.1 Å². The molecule has 0 heterocycles. The van der Waals surface area contributed by atoms with Crippen molar-refractivity contribution in [2.75, 3.05) is 0 Å². The van der Waals surface area contributed by atoms with Crippen LogP contribution in [0.4, 0.5) is 4.39 Å². The van der Waals surface area contributed by atoms with Crippen molar-refractivity contribution < 1.29 is 4.39 Å². The van der Waals surface area contributed by atoms with Crippen molar-refractivity contribution >= 4 is 38.3 Å². The van der Waals surface area contributed by atoms with Gasteiger partial charge in [-0.3, -0.25) is 0 Å². The van der Waals surface area contributed by atoms with Crippen molar-refractivity contribution in [2.45, 2.75) is 11.8 Å². The molecule has 3 heteroatoms. The highest BCUT2D eigenvalue weighted by Crippen LogP contribution is 2.39. The zero-order chi connectivity index (χ0) is 15.0. The van der Waals surface area contributed by atoms with Crippen LogP contribution in [0.2, 0.25) is 5.02 Å². The monoisotopic (exact) mass is 362 g/mol. The maximum Gasteiger partial charge on any atom is 0.131 e. The molecule has 3 aromatic rings. The lowest BCUT2D eigenvalue weighted by Gasteiger charge is -2.16. The van der Waals surface area contributed by atoms with E-state index in [-0.39, 0.29) is 10.6 Å². The lowest BCUT2D eigenvalue weighted by molar-refractivity contribution is 0.639. The predicted molar refractivity (Wildman–Crippen MR) is 90.9 cm³/mol. The number of halogens is 3. The summed E-state index contributed by atoms with van der Waals surface area (Å²) in [4.78, 5) is -0.0731. The Labute approximate surface area is 136 Å². The average Bonchev–Trinajstić information content (AvgIpc) is 2.47. The van der Waals surface area contributed by atoms with Crippen molar-refractivity contribution in [3.8, 4) is 0 Å². The third-order valence-electron chi connectivity index (χ3n) is 3.61. The highest BCUT2D eigenvalue weighted by atomic mass is 79.9. The van der Waals surface area contributed by atoms with Crippen LogP contribution in [0.25, 0.3) is 10.8 Å². The topological polar surface area (TPSA) is 0 Å². The van der Waals surface area contributed by atoms with E-state index in [4.69, 9.17) is 11.6 Å². The number of fused-ring (bicyclic) bond motifs is 1. The Morgan fingerprint density at radius 1 is 0.952 bits per heavy atom. The zero-order valence-corrected chi connectivity index (χ0v) is 13.7. The first-order valence-electron chi connectivity index (χ1n) is 6.65. The largest absolute Gasteiger partial charge is 0.206 e. The second-order valence-corrected chi connectivity index (χ2v) is 6.39. The Morgan fingerprint density at radius 3 is 2.33 bits per heavy atom. The second-order valence-electron chi connectivity index (χ2n) is 5.07. The molecule has 0 aliphatic heterocycles. The van der Waals surface area contributed by atoms with E-state index in [0.717, 1.165) is 22.1 Å². The lowest BCUT2D eigenvalue weighted by Crippen LogP contribution is -1.96. The summed E-state index contributed by atoms with van der Waals surface area (Å²) in [5, 5.41) is 2.24. The van der Waals surface area contributed by atoms with E-state index >= 15 is 0 Å². The molecule has 0 amide bonds. The lowest BCUT2D eigenvalue weighted by atomic mass is 9.97. The molecular formula is C18H13BrClF. The minimum Gasteiger partial charge on any atom is -0.206 e. The van der Waals surface area contributed by atoms with Gasteiger partial charge in [0.05, 0.1) is 4.83 Å². The number of alkyl halides is 1. The third-order valence-corrected chi connectivity index (χ3v) is 4.92. The van der Waals surface area contributed by atoms with Crippen molar-refractivity contribution in [1.29, 1.82) is 0 Å². The fourth-order valence-electron chi connectivity index (χ4n) is 2.51. The normalized spacial score (nSPS) is 12.6. The van der Waals surface area contributed by atoms with Crippen LogP contribution in [-0.4, -0.2) is 0 Å². The van der Waals surface area contributed by atoms with Crippen molar-refractivity contribution in [2.24, 2.45) is 0 Å². The molecule has 0 aromatic heterocycles. The van der Waals surface area contributed by atoms with Gasteiger partial charge in [0, 0.05) is 10.4 Å². The minimum atomic E-state index is -0.205. The Kier molecular flexibility index (Phi) is 4.01. The molecule has 106 valence electrons. The summed E-state index contributed by atoms with van der Waals surface area (Å²) in [5.74, 6) is -0.205. The summed E-state index contributed by atoms with van der Waals surface area (Å²) in [6.45, 7) is 2.01. The Morgan fingerprint density at radius 2 is 1.62 bits per heavy atom. The summed E-state index contributed by atoms with van der Waals surface area (Å²) in [6.07, 6.45) is 0. The standard InChI is InChI=1S/C18H13BrClF/c1-11-6-7-15(16(20)10-11)18(19)14-8-9-17(21)13-5-3-2-4-12(13)14/h2-10,18H,1H3. The van der Waals surface area contributed by atoms with E-state index in [1.165, 1.54) is 6.07 Å². The molecule has 0 radical (unpaired) electrons. The fraction of sp³-hybridized carbons (Fsp3) is 0.111. The second kappa shape index (κ2) is 5.78. The predicted octanol–water partition coefficient (Wildman–Crippen LogP) is 6.43. The van der Waals surface area contributed by atoms with Gasteiger partial charge in [0.25, 0.3) is 0 Å². The summed E-state index contributed by atoms with van der Waals surface area (Å²) < 4.78 is 13.9. The molecule has 0 aliphatic rings. The van der Waals surface area contributed by atoms with E-state index < -0.39 is 0 Å². The van der Waals surface area contributed by atoms with E-state index in [2.05, 4.69) is 15.9 Å². The zero-order valence-electron chi connectivity index (χ0n) is 11.4. The molecule has 0 fully saturated rings. The molecule has 1 atom stereocenters. The van der Waals surface area contributed by atoms with Gasteiger partial charge in [0.2, 0.25) is 0 Å². The fourth-order valence-corrected chi connectivity index (χ4v) is 3.79. The molecule has 0 spiro atoms. The number of benzene rings is 3. The SMILES string of the molecule is Cc1ccc(C(Br)c2ccc(F)c3ccccc23)c(Cl)c1. The van der Waals surface area contributed by atoms with Crippen molar-refractivity contribution in [1.82, 2.24) is 0 Å². The van der Waals surface area contributed by atoms with Gasteiger partial charge in [-0.2, -0.15) is 0 Å². The van der Waals surface area contributed by atoms with Crippen LogP contribution >= 0.6 is 27.5 Å². The van der Waals surface area contributed by atoms with E-state index in [1.807, 2.05) is 49.4 Å². The number of rotatable bonds is 2. The summed E-state index contributed by atoms with van der Waals surface area (Å²) in [7, 11) is 0. The number of hydrogen-bond acceptors (Lipinski definition) is 0. The minimum absolute atomic E-state index is 0.0731. The maximum absolute atomic E-state index is 13.9. The molecular weight excluding hydrogens is 351 g/mol. The van der Waals surface area contributed by atoms with Crippen LogP contribution in [0.1, 0.15) is 21.5 Å². The highest BCUT2D eigenvalue weighted by molar-refractivity contribution is 9.09. The van der Waals surface area contributed by atoms with E-state index in [1.54, 1.807) is 6.07 Å². The molecule has 0 saturated carbocycles. The first kappa shape index (κ1) is 14.6. The number of hydrogen-bond donors (Lipinski definition) is 0. The van der Waals surface area contributed by atoms with Crippen LogP contribution < -0.4 is 0 Å². The van der Waals surface area contributed by atoms with Crippen molar-refractivity contribution in [3.05, 3.63) is 82.1 Å². The third kappa shape index (κ3) is 2.70. The molecule has 0 bridgehead atoms. The Hall–Kier alpha value is -1.38. The molecule has 0 aliphatic carbocycles. The molecule has 0 nitrogen and oxygen atoms in total. The molecule has 0 N–H and O–H groups in total. The van der Waals surface area contributed by atoms with Gasteiger partial charge < -0.3 is 0 Å². The van der Waals surface area contributed by atoms with E-state index in [9.17, 15) is 4.39 Å². The van der Waals surface area contributed by atoms with Crippen molar-refractivity contribution in [3.63, 3.8) is 0 Å². The van der Waals surface area contributed by atoms with Crippen LogP contribution in [-0.2, 0) is 0 Å². The molecule has 3 rings (SSSR count). The highest BCUT2D eigenvalue weighted by Gasteiger charge is 2.17. The van der Waals surface area contributed by atoms with Crippen LogP contribution in [0, 0.1) is 12.7 Å².